The lowest BCUT2D eigenvalue weighted by Gasteiger charge is -2.36. The maximum absolute atomic E-state index is 13.6. The predicted molar refractivity (Wildman–Crippen MR) is 136 cm³/mol. The van der Waals surface area contributed by atoms with E-state index in [0.717, 1.165) is 28.2 Å². The van der Waals surface area contributed by atoms with E-state index in [0.29, 0.717) is 31.7 Å². The summed E-state index contributed by atoms with van der Waals surface area (Å²) in [5.41, 5.74) is 5.19. The molecule has 0 aliphatic carbocycles. The van der Waals surface area contributed by atoms with E-state index in [1.807, 2.05) is 83.8 Å². The van der Waals surface area contributed by atoms with E-state index in [9.17, 15) is 15.2 Å². The molecule has 0 atom stereocenters. The maximum Gasteiger partial charge on any atom is 0.254 e. The number of benzene rings is 3. The highest BCUT2D eigenvalue weighted by Crippen LogP contribution is 2.27. The first-order valence-electron chi connectivity index (χ1n) is 11.5. The van der Waals surface area contributed by atoms with Crippen molar-refractivity contribution in [1.29, 1.82) is 5.26 Å². The molecular weight excluding hydrogens is 436 g/mol. The molecule has 1 N–H and O–H groups in total. The van der Waals surface area contributed by atoms with E-state index < -0.39 is 0 Å². The molecule has 4 aromatic rings. The second-order valence-corrected chi connectivity index (χ2v) is 8.45. The summed E-state index contributed by atoms with van der Waals surface area (Å²) in [6.07, 6.45) is 0. The Hall–Kier alpha value is -4.63. The van der Waals surface area contributed by atoms with Crippen LogP contribution in [0.25, 0.3) is 22.5 Å². The summed E-state index contributed by atoms with van der Waals surface area (Å²) in [6, 6.07) is 30.6. The number of nitrogens with zero attached hydrogens (tertiary/aromatic N) is 4. The van der Waals surface area contributed by atoms with Crippen molar-refractivity contribution in [1.82, 2.24) is 9.88 Å². The monoisotopic (exact) mass is 460 g/mol. The Morgan fingerprint density at radius 3 is 1.91 bits per heavy atom. The van der Waals surface area contributed by atoms with Crippen molar-refractivity contribution in [3.8, 4) is 34.3 Å². The van der Waals surface area contributed by atoms with Crippen LogP contribution in [-0.2, 0) is 0 Å². The third-order valence-electron chi connectivity index (χ3n) is 6.24. The molecule has 6 heteroatoms. The van der Waals surface area contributed by atoms with Crippen molar-refractivity contribution in [3.63, 3.8) is 0 Å². The third-order valence-corrected chi connectivity index (χ3v) is 6.24. The minimum atomic E-state index is -0.0233. The quantitative estimate of drug-likeness (QED) is 0.466. The first-order valence-corrected chi connectivity index (χ1v) is 11.5. The number of hydrogen-bond donors (Lipinski definition) is 1. The minimum Gasteiger partial charge on any atom is -0.507 e. The number of aromatic nitrogens is 1. The highest BCUT2D eigenvalue weighted by molar-refractivity contribution is 5.96. The number of pyridine rings is 1. The first-order chi connectivity index (χ1) is 17.1. The molecule has 0 unspecified atom stereocenters. The first kappa shape index (κ1) is 22.2. The van der Waals surface area contributed by atoms with Crippen molar-refractivity contribution in [2.24, 2.45) is 0 Å². The van der Waals surface area contributed by atoms with Crippen LogP contribution >= 0.6 is 0 Å². The number of aromatic hydroxyl groups is 1. The van der Waals surface area contributed by atoms with E-state index >= 15 is 0 Å². The molecule has 35 heavy (non-hydrogen) atoms. The molecule has 0 radical (unpaired) electrons. The normalized spacial score (nSPS) is 13.3. The summed E-state index contributed by atoms with van der Waals surface area (Å²) in [4.78, 5) is 22.4. The van der Waals surface area contributed by atoms with Crippen LogP contribution in [0.4, 0.5) is 5.69 Å². The Balaban J connectivity index is 1.40. The van der Waals surface area contributed by atoms with Gasteiger partial charge < -0.3 is 14.9 Å². The zero-order valence-electron chi connectivity index (χ0n) is 19.1. The van der Waals surface area contributed by atoms with Crippen LogP contribution in [-0.4, -0.2) is 47.1 Å². The Bertz CT molecular complexity index is 1330. The molecule has 0 bridgehead atoms. The van der Waals surface area contributed by atoms with Gasteiger partial charge in [0.05, 0.1) is 17.0 Å². The van der Waals surface area contributed by atoms with Crippen molar-refractivity contribution in [3.05, 3.63) is 102 Å². The van der Waals surface area contributed by atoms with Gasteiger partial charge >= 0.3 is 0 Å². The summed E-state index contributed by atoms with van der Waals surface area (Å²) >= 11 is 0. The Kier molecular flexibility index (Phi) is 6.15. The van der Waals surface area contributed by atoms with Gasteiger partial charge in [0, 0.05) is 48.6 Å². The van der Waals surface area contributed by atoms with Gasteiger partial charge in [0.25, 0.3) is 5.91 Å². The summed E-state index contributed by atoms with van der Waals surface area (Å²) in [6.45, 7) is 2.41. The number of amides is 1. The zero-order chi connectivity index (χ0) is 24.2. The van der Waals surface area contributed by atoms with Gasteiger partial charge in [-0.05, 0) is 30.3 Å². The fourth-order valence-electron chi connectivity index (χ4n) is 4.33. The number of carbonyl (C=O) groups excluding carboxylic acids is 1. The van der Waals surface area contributed by atoms with Crippen LogP contribution in [0.5, 0.6) is 5.75 Å². The van der Waals surface area contributed by atoms with E-state index in [-0.39, 0.29) is 17.2 Å². The van der Waals surface area contributed by atoms with Gasteiger partial charge in [0.15, 0.2) is 0 Å². The highest BCUT2D eigenvalue weighted by atomic mass is 16.3. The number of anilines is 1. The van der Waals surface area contributed by atoms with E-state index in [1.165, 1.54) is 0 Å². The van der Waals surface area contributed by atoms with Crippen LogP contribution in [0.15, 0.2) is 91.0 Å². The van der Waals surface area contributed by atoms with Gasteiger partial charge in [-0.15, -0.1) is 0 Å². The van der Waals surface area contributed by atoms with Crippen molar-refractivity contribution in [2.45, 2.75) is 0 Å². The topological polar surface area (TPSA) is 80.5 Å². The largest absolute Gasteiger partial charge is 0.507 e. The van der Waals surface area contributed by atoms with Crippen molar-refractivity contribution >= 4 is 11.6 Å². The second-order valence-electron chi connectivity index (χ2n) is 8.45. The number of nitriles is 1. The Morgan fingerprint density at radius 1 is 0.800 bits per heavy atom. The van der Waals surface area contributed by atoms with Crippen LogP contribution in [0.3, 0.4) is 0 Å². The average Bonchev–Trinajstić information content (AvgIpc) is 2.94. The Labute approximate surface area is 204 Å². The van der Waals surface area contributed by atoms with Crippen LogP contribution in [0, 0.1) is 11.3 Å². The highest BCUT2D eigenvalue weighted by Gasteiger charge is 2.24. The molecule has 1 fully saturated rings. The molecule has 0 spiro atoms. The number of rotatable bonds is 4. The third kappa shape index (κ3) is 4.71. The molecule has 2 heterocycles. The van der Waals surface area contributed by atoms with E-state index in [4.69, 9.17) is 4.98 Å². The SMILES string of the molecule is N#Cc1cc(N2CCN(C(=O)c3cc(-c4ccccc4)nc(-c4ccccc4)c3)CC2)ccc1O. The lowest BCUT2D eigenvalue weighted by Crippen LogP contribution is -2.48. The minimum absolute atomic E-state index is 0.0220. The molecule has 0 saturated carbocycles. The predicted octanol–water partition coefficient (Wildman–Crippen LogP) is 4.96. The summed E-state index contributed by atoms with van der Waals surface area (Å²) in [5, 5.41) is 19.0. The molecular formula is C29H24N4O2. The number of piperazine rings is 1. The number of carbonyl (C=O) groups is 1. The summed E-state index contributed by atoms with van der Waals surface area (Å²) < 4.78 is 0. The van der Waals surface area contributed by atoms with Gasteiger partial charge in [-0.2, -0.15) is 5.26 Å². The maximum atomic E-state index is 13.6. The molecule has 1 saturated heterocycles. The lowest BCUT2D eigenvalue weighted by atomic mass is 10.0. The molecule has 1 aliphatic heterocycles. The molecule has 3 aromatic carbocycles. The van der Waals surface area contributed by atoms with E-state index in [1.54, 1.807) is 18.2 Å². The van der Waals surface area contributed by atoms with Gasteiger partial charge in [0.1, 0.15) is 11.8 Å². The van der Waals surface area contributed by atoms with Gasteiger partial charge in [-0.1, -0.05) is 60.7 Å². The van der Waals surface area contributed by atoms with Crippen LogP contribution < -0.4 is 4.90 Å². The van der Waals surface area contributed by atoms with Gasteiger partial charge in [-0.3, -0.25) is 4.79 Å². The zero-order valence-corrected chi connectivity index (χ0v) is 19.1. The molecule has 1 aromatic heterocycles. The fraction of sp³-hybridized carbons (Fsp3) is 0.138. The fourth-order valence-corrected chi connectivity index (χ4v) is 4.33. The lowest BCUT2D eigenvalue weighted by molar-refractivity contribution is 0.0746. The van der Waals surface area contributed by atoms with Gasteiger partial charge in [-0.25, -0.2) is 4.98 Å². The average molecular weight is 461 g/mol. The molecule has 1 aliphatic rings. The van der Waals surface area contributed by atoms with Crippen LogP contribution in [0.2, 0.25) is 0 Å². The van der Waals surface area contributed by atoms with Gasteiger partial charge in [0.2, 0.25) is 0 Å². The molecule has 172 valence electrons. The number of phenols is 1. The smallest absolute Gasteiger partial charge is 0.254 e. The summed E-state index contributed by atoms with van der Waals surface area (Å²) in [7, 11) is 0. The molecule has 1 amide bonds. The number of phenolic OH excluding ortho intramolecular Hbond substituents is 1. The van der Waals surface area contributed by atoms with E-state index in [2.05, 4.69) is 4.90 Å². The summed E-state index contributed by atoms with van der Waals surface area (Å²) in [5.74, 6) is -0.0453. The Morgan fingerprint density at radius 2 is 1.37 bits per heavy atom. The van der Waals surface area contributed by atoms with Crippen molar-refractivity contribution in [2.75, 3.05) is 31.1 Å². The standard InChI is InChI=1S/C29H24N4O2/c30-20-24-17-25(11-12-28(24)34)32-13-15-33(16-14-32)29(35)23-18-26(21-7-3-1-4-8-21)31-27(19-23)22-9-5-2-6-10-22/h1-12,17-19,34H,13-16H2. The molecule has 6 nitrogen and oxygen atoms in total. The molecule has 5 rings (SSSR count). The second kappa shape index (κ2) is 9.70. The van der Waals surface area contributed by atoms with Crippen LogP contribution in [0.1, 0.15) is 15.9 Å². The van der Waals surface area contributed by atoms with Crippen molar-refractivity contribution < 1.29 is 9.90 Å². The number of hydrogen-bond acceptors (Lipinski definition) is 5.